The second-order valence-corrected chi connectivity index (χ2v) is 7.52. The van der Waals surface area contributed by atoms with E-state index in [0.717, 1.165) is 15.9 Å². The predicted octanol–water partition coefficient (Wildman–Crippen LogP) is 5.19. The molecular weight excluding hydrogens is 330 g/mol. The van der Waals surface area contributed by atoms with Crippen molar-refractivity contribution in [3.8, 4) is 0 Å². The van der Waals surface area contributed by atoms with Crippen LogP contribution in [0.2, 0.25) is 0 Å². The molecule has 126 valence electrons. The summed E-state index contributed by atoms with van der Waals surface area (Å²) >= 11 is 1.51. The second kappa shape index (κ2) is 6.01. The first-order chi connectivity index (χ1) is 12.0. The van der Waals surface area contributed by atoms with Gasteiger partial charge in [0, 0.05) is 5.69 Å². The van der Waals surface area contributed by atoms with Crippen LogP contribution in [0, 0.1) is 5.41 Å². The van der Waals surface area contributed by atoms with Crippen molar-refractivity contribution in [2.75, 3.05) is 11.4 Å². The Kier molecular flexibility index (Phi) is 3.81. The lowest BCUT2D eigenvalue weighted by Crippen LogP contribution is -2.25. The molecule has 0 saturated carbocycles. The van der Waals surface area contributed by atoms with E-state index in [1.807, 2.05) is 41.3 Å². The summed E-state index contributed by atoms with van der Waals surface area (Å²) < 4.78 is 1.06. The van der Waals surface area contributed by atoms with Crippen LogP contribution < -0.4 is 4.90 Å². The van der Waals surface area contributed by atoms with Gasteiger partial charge in [-0.05, 0) is 35.7 Å². The molecule has 3 aromatic rings. The highest BCUT2D eigenvalue weighted by molar-refractivity contribution is 7.19. The van der Waals surface area contributed by atoms with Gasteiger partial charge in [-0.25, -0.2) is 4.98 Å². The zero-order chi connectivity index (χ0) is 17.6. The molecule has 2 heterocycles. The number of thiazole rings is 1. The van der Waals surface area contributed by atoms with Gasteiger partial charge in [-0.1, -0.05) is 38.1 Å². The van der Waals surface area contributed by atoms with Gasteiger partial charge < -0.3 is 10.0 Å². The Hall–Kier alpha value is -2.66. The van der Waals surface area contributed by atoms with Crippen molar-refractivity contribution in [3.63, 3.8) is 0 Å². The van der Waals surface area contributed by atoms with Crippen LogP contribution >= 0.6 is 11.3 Å². The first-order valence-corrected chi connectivity index (χ1v) is 9.10. The number of anilines is 1. The number of hydrogen-bond acceptors (Lipinski definition) is 4. The molecule has 1 aromatic heterocycles. The van der Waals surface area contributed by atoms with Crippen LogP contribution in [0.1, 0.15) is 30.3 Å². The van der Waals surface area contributed by atoms with Crippen LogP contribution in [-0.2, 0) is 0 Å². The third-order valence-corrected chi connectivity index (χ3v) is 5.54. The van der Waals surface area contributed by atoms with Gasteiger partial charge in [-0.2, -0.15) is 0 Å². The van der Waals surface area contributed by atoms with Crippen LogP contribution in [0.5, 0.6) is 0 Å². The van der Waals surface area contributed by atoms with Gasteiger partial charge in [0.1, 0.15) is 16.6 Å². The van der Waals surface area contributed by atoms with E-state index < -0.39 is 0 Å². The molecule has 5 heteroatoms. The second-order valence-electron chi connectivity index (χ2n) is 6.49. The van der Waals surface area contributed by atoms with Gasteiger partial charge in [-0.15, -0.1) is 11.3 Å². The molecule has 2 N–H and O–H groups in total. The summed E-state index contributed by atoms with van der Waals surface area (Å²) in [6.45, 7) is 4.63. The number of fused-ring (bicyclic) bond motifs is 1. The van der Waals surface area contributed by atoms with Crippen LogP contribution in [-0.4, -0.2) is 22.5 Å². The van der Waals surface area contributed by atoms with Crippen molar-refractivity contribution in [1.82, 2.24) is 4.98 Å². The maximum Gasteiger partial charge on any atom is 0.139 e. The summed E-state index contributed by atoms with van der Waals surface area (Å²) in [6, 6.07) is 16.1. The smallest absolute Gasteiger partial charge is 0.139 e. The first kappa shape index (κ1) is 15.8. The number of hydrogen-bond donors (Lipinski definition) is 2. The standard InChI is InChI=1S/C20H19N3OS/c1-12(2)13-7-9-14(10-8-13)23-11-16(24)18(19(23)21)20-22-15-5-3-4-6-17(15)25-20/h3-10,12,21,24H,11H2,1-2H3. The highest BCUT2D eigenvalue weighted by Gasteiger charge is 2.31. The molecule has 0 bridgehead atoms. The Labute approximate surface area is 150 Å². The minimum Gasteiger partial charge on any atom is -0.510 e. The van der Waals surface area contributed by atoms with E-state index >= 15 is 0 Å². The monoisotopic (exact) mass is 349 g/mol. The van der Waals surface area contributed by atoms with Gasteiger partial charge in [0.05, 0.1) is 22.3 Å². The first-order valence-electron chi connectivity index (χ1n) is 8.29. The van der Waals surface area contributed by atoms with Crippen LogP contribution in [0.15, 0.2) is 54.3 Å². The van der Waals surface area contributed by atoms with Crippen molar-refractivity contribution >= 4 is 38.6 Å². The molecule has 25 heavy (non-hydrogen) atoms. The summed E-state index contributed by atoms with van der Waals surface area (Å²) in [6.07, 6.45) is 0. The number of aliphatic hydroxyl groups is 1. The SMILES string of the molecule is CC(C)c1ccc(N2CC(O)=C(c3nc4ccccc4s3)C2=N)cc1. The maximum atomic E-state index is 10.5. The van der Waals surface area contributed by atoms with Crippen LogP contribution in [0.4, 0.5) is 5.69 Å². The number of rotatable bonds is 3. The number of benzene rings is 2. The average Bonchev–Trinajstić information content (AvgIpc) is 3.15. The molecule has 0 aliphatic carbocycles. The molecule has 2 aromatic carbocycles. The number of amidine groups is 1. The van der Waals surface area contributed by atoms with Gasteiger partial charge in [0.2, 0.25) is 0 Å². The number of para-hydroxylation sites is 1. The molecule has 0 saturated heterocycles. The van der Waals surface area contributed by atoms with E-state index in [4.69, 9.17) is 5.41 Å². The predicted molar refractivity (Wildman–Crippen MR) is 105 cm³/mol. The Bertz CT molecular complexity index is 953. The van der Waals surface area contributed by atoms with Crippen molar-refractivity contribution < 1.29 is 5.11 Å². The maximum absolute atomic E-state index is 10.5. The largest absolute Gasteiger partial charge is 0.510 e. The molecule has 1 aliphatic rings. The number of nitrogens with zero attached hydrogens (tertiary/aromatic N) is 2. The quantitative estimate of drug-likeness (QED) is 0.684. The lowest BCUT2D eigenvalue weighted by Gasteiger charge is -2.19. The summed E-state index contributed by atoms with van der Waals surface area (Å²) in [5.74, 6) is 0.975. The third-order valence-electron chi connectivity index (χ3n) is 4.48. The molecule has 4 nitrogen and oxygen atoms in total. The summed E-state index contributed by atoms with van der Waals surface area (Å²) in [5.41, 5.74) is 3.61. The van der Waals surface area contributed by atoms with E-state index in [9.17, 15) is 5.11 Å². The van der Waals surface area contributed by atoms with Crippen molar-refractivity contribution in [1.29, 1.82) is 5.41 Å². The van der Waals surface area contributed by atoms with E-state index in [0.29, 0.717) is 28.9 Å². The van der Waals surface area contributed by atoms with Crippen LogP contribution in [0.25, 0.3) is 15.8 Å². The molecule has 0 radical (unpaired) electrons. The minimum atomic E-state index is 0.206. The molecule has 0 unspecified atom stereocenters. The van der Waals surface area contributed by atoms with Crippen molar-refractivity contribution in [2.24, 2.45) is 0 Å². The topological polar surface area (TPSA) is 60.2 Å². The van der Waals surface area contributed by atoms with Crippen molar-refractivity contribution in [3.05, 3.63) is 64.9 Å². The molecule has 0 fully saturated rings. The lowest BCUT2D eigenvalue weighted by molar-refractivity contribution is 0.411. The normalized spacial score (nSPS) is 15.0. The lowest BCUT2D eigenvalue weighted by atomic mass is 10.0. The Balaban J connectivity index is 1.67. The summed E-state index contributed by atoms with van der Waals surface area (Å²) in [5, 5.41) is 19.7. The fraction of sp³-hybridized carbons (Fsp3) is 0.200. The zero-order valence-electron chi connectivity index (χ0n) is 14.2. The van der Waals surface area contributed by atoms with Crippen molar-refractivity contribution in [2.45, 2.75) is 19.8 Å². The Morgan fingerprint density at radius 2 is 1.84 bits per heavy atom. The highest BCUT2D eigenvalue weighted by Crippen LogP contribution is 2.35. The van der Waals surface area contributed by atoms with Gasteiger partial charge >= 0.3 is 0 Å². The Morgan fingerprint density at radius 1 is 1.12 bits per heavy atom. The molecule has 0 atom stereocenters. The number of aromatic nitrogens is 1. The molecule has 4 rings (SSSR count). The molecule has 1 aliphatic heterocycles. The van der Waals surface area contributed by atoms with E-state index in [2.05, 4.69) is 31.0 Å². The van der Waals surface area contributed by atoms with E-state index in [1.165, 1.54) is 16.9 Å². The molecule has 0 amide bonds. The molecular formula is C20H19N3OS. The van der Waals surface area contributed by atoms with Gasteiger partial charge in [0.15, 0.2) is 0 Å². The van der Waals surface area contributed by atoms with Gasteiger partial charge in [-0.3, -0.25) is 5.41 Å². The van der Waals surface area contributed by atoms with Gasteiger partial charge in [0.25, 0.3) is 0 Å². The zero-order valence-corrected chi connectivity index (χ0v) is 15.0. The fourth-order valence-electron chi connectivity index (χ4n) is 3.04. The summed E-state index contributed by atoms with van der Waals surface area (Å²) in [4.78, 5) is 6.41. The Morgan fingerprint density at radius 3 is 2.52 bits per heavy atom. The van der Waals surface area contributed by atoms with E-state index in [-0.39, 0.29) is 5.76 Å². The average molecular weight is 349 g/mol. The number of aliphatic hydroxyl groups excluding tert-OH is 1. The molecule has 0 spiro atoms. The number of nitrogens with one attached hydrogen (secondary N) is 1. The third kappa shape index (κ3) is 2.70. The fourth-order valence-corrected chi connectivity index (χ4v) is 4.08. The minimum absolute atomic E-state index is 0.206. The summed E-state index contributed by atoms with van der Waals surface area (Å²) in [7, 11) is 0. The van der Waals surface area contributed by atoms with Crippen LogP contribution in [0.3, 0.4) is 0 Å². The van der Waals surface area contributed by atoms with E-state index in [1.54, 1.807) is 0 Å². The highest BCUT2D eigenvalue weighted by atomic mass is 32.1.